The molecule has 23 heavy (non-hydrogen) atoms. The minimum atomic E-state index is -1.24. The van der Waals surface area contributed by atoms with Crippen LogP contribution in [0.15, 0.2) is 36.4 Å². The average molecular weight is 354 g/mol. The molecular weight excluding hydrogens is 347 g/mol. The van der Waals surface area contributed by atoms with Gasteiger partial charge in [0.25, 0.3) is 0 Å². The highest BCUT2D eigenvalue weighted by molar-refractivity contribution is 6.38. The van der Waals surface area contributed by atoms with Crippen LogP contribution in [0.4, 0.5) is 8.78 Å². The second kappa shape index (κ2) is 5.76. The van der Waals surface area contributed by atoms with E-state index in [1.54, 1.807) is 0 Å². The van der Waals surface area contributed by atoms with Gasteiger partial charge in [-0.15, -0.1) is 0 Å². The van der Waals surface area contributed by atoms with Crippen molar-refractivity contribution in [3.05, 3.63) is 63.6 Å². The molecule has 0 saturated carbocycles. The monoisotopic (exact) mass is 353 g/mol. The van der Waals surface area contributed by atoms with E-state index in [1.807, 2.05) is 0 Å². The van der Waals surface area contributed by atoms with Crippen LogP contribution in [0.2, 0.25) is 10.0 Å². The Hall–Kier alpha value is -2.24. The number of aromatic nitrogens is 1. The molecular formula is C16H7Cl2F2NO2. The van der Waals surface area contributed by atoms with E-state index in [1.165, 1.54) is 24.3 Å². The number of nitrogens with zero attached hydrogens (tertiary/aromatic N) is 1. The summed E-state index contributed by atoms with van der Waals surface area (Å²) in [5, 5.41) is 10.0. The largest absolute Gasteiger partial charge is 0.478 e. The molecule has 0 atom stereocenters. The van der Waals surface area contributed by atoms with E-state index < -0.39 is 17.6 Å². The molecule has 0 bridgehead atoms. The van der Waals surface area contributed by atoms with Crippen LogP contribution < -0.4 is 0 Å². The number of fused-ring (bicyclic) bond motifs is 1. The Morgan fingerprint density at radius 2 is 1.83 bits per heavy atom. The van der Waals surface area contributed by atoms with Crippen molar-refractivity contribution in [1.29, 1.82) is 0 Å². The van der Waals surface area contributed by atoms with Gasteiger partial charge in [0.15, 0.2) is 0 Å². The molecule has 0 fully saturated rings. The standard InChI is InChI=1S/C16H7Cl2F2NO2/c17-7-3-10-11(16(22)23)6-14(21-15(10)12(18)4-7)9-2-1-8(19)5-13(9)20/h1-6H,(H,22,23). The third kappa shape index (κ3) is 2.85. The molecule has 0 unspecified atom stereocenters. The van der Waals surface area contributed by atoms with Gasteiger partial charge in [-0.2, -0.15) is 0 Å². The first kappa shape index (κ1) is 15.6. The topological polar surface area (TPSA) is 50.2 Å². The molecule has 1 heterocycles. The molecule has 3 rings (SSSR count). The summed E-state index contributed by atoms with van der Waals surface area (Å²) >= 11 is 12.0. The Morgan fingerprint density at radius 3 is 2.48 bits per heavy atom. The zero-order valence-electron chi connectivity index (χ0n) is 11.3. The Bertz CT molecular complexity index is 960. The molecule has 0 amide bonds. The molecule has 0 aliphatic rings. The van der Waals surface area contributed by atoms with Crippen LogP contribution in [0.3, 0.4) is 0 Å². The molecule has 2 aromatic carbocycles. The lowest BCUT2D eigenvalue weighted by Crippen LogP contribution is -2.01. The van der Waals surface area contributed by atoms with Crippen LogP contribution in [0.25, 0.3) is 22.2 Å². The van der Waals surface area contributed by atoms with Crippen molar-refractivity contribution in [2.24, 2.45) is 0 Å². The maximum absolute atomic E-state index is 14.0. The molecule has 116 valence electrons. The van der Waals surface area contributed by atoms with Crippen LogP contribution in [-0.2, 0) is 0 Å². The van der Waals surface area contributed by atoms with Crippen LogP contribution in [0.1, 0.15) is 10.4 Å². The van der Waals surface area contributed by atoms with E-state index in [0.29, 0.717) is 6.07 Å². The number of carboxylic acids is 1. The van der Waals surface area contributed by atoms with Crippen molar-refractivity contribution < 1.29 is 18.7 Å². The Labute approximate surface area is 139 Å². The molecule has 0 radical (unpaired) electrons. The van der Waals surface area contributed by atoms with E-state index >= 15 is 0 Å². The Kier molecular flexibility index (Phi) is 3.92. The zero-order valence-corrected chi connectivity index (χ0v) is 12.8. The zero-order chi connectivity index (χ0) is 16.7. The predicted octanol–water partition coefficient (Wildman–Crippen LogP) is 5.19. The fourth-order valence-electron chi connectivity index (χ4n) is 2.26. The Morgan fingerprint density at radius 1 is 1.09 bits per heavy atom. The van der Waals surface area contributed by atoms with Crippen molar-refractivity contribution in [2.45, 2.75) is 0 Å². The smallest absolute Gasteiger partial charge is 0.336 e. The van der Waals surface area contributed by atoms with Gasteiger partial charge in [-0.05, 0) is 30.3 Å². The lowest BCUT2D eigenvalue weighted by atomic mass is 10.0. The third-order valence-corrected chi connectivity index (χ3v) is 3.78. The van der Waals surface area contributed by atoms with Gasteiger partial charge in [-0.1, -0.05) is 23.2 Å². The van der Waals surface area contributed by atoms with Gasteiger partial charge in [0.2, 0.25) is 0 Å². The van der Waals surface area contributed by atoms with Crippen molar-refractivity contribution >= 4 is 40.1 Å². The predicted molar refractivity (Wildman–Crippen MR) is 84.1 cm³/mol. The number of pyridine rings is 1. The first-order valence-corrected chi connectivity index (χ1v) is 7.11. The minimum Gasteiger partial charge on any atom is -0.478 e. The number of halogens is 4. The van der Waals surface area contributed by atoms with E-state index in [0.717, 1.165) is 6.07 Å². The highest BCUT2D eigenvalue weighted by Gasteiger charge is 2.17. The van der Waals surface area contributed by atoms with E-state index in [4.69, 9.17) is 23.2 Å². The molecule has 1 aromatic heterocycles. The summed E-state index contributed by atoms with van der Waals surface area (Å²) < 4.78 is 27.0. The number of carbonyl (C=O) groups is 1. The van der Waals surface area contributed by atoms with E-state index in [2.05, 4.69) is 4.98 Å². The normalized spacial score (nSPS) is 11.0. The lowest BCUT2D eigenvalue weighted by molar-refractivity contribution is 0.0699. The van der Waals surface area contributed by atoms with Crippen molar-refractivity contribution in [3.63, 3.8) is 0 Å². The van der Waals surface area contributed by atoms with E-state index in [-0.39, 0.29) is 37.8 Å². The number of rotatable bonds is 2. The number of hydrogen-bond donors (Lipinski definition) is 1. The van der Waals surface area contributed by atoms with Gasteiger partial charge in [0.05, 0.1) is 21.8 Å². The molecule has 0 saturated heterocycles. The summed E-state index contributed by atoms with van der Waals surface area (Å²) in [6.07, 6.45) is 0. The second-order valence-electron chi connectivity index (χ2n) is 4.77. The fourth-order valence-corrected chi connectivity index (χ4v) is 2.80. The number of hydrogen-bond acceptors (Lipinski definition) is 2. The molecule has 1 N–H and O–H groups in total. The third-order valence-electron chi connectivity index (χ3n) is 3.27. The maximum atomic E-state index is 14.0. The second-order valence-corrected chi connectivity index (χ2v) is 5.61. The van der Waals surface area contributed by atoms with Crippen molar-refractivity contribution in [3.8, 4) is 11.3 Å². The van der Waals surface area contributed by atoms with Crippen LogP contribution >= 0.6 is 23.2 Å². The van der Waals surface area contributed by atoms with Gasteiger partial charge >= 0.3 is 5.97 Å². The fraction of sp³-hybridized carbons (Fsp3) is 0. The van der Waals surface area contributed by atoms with Gasteiger partial charge in [0.1, 0.15) is 11.6 Å². The quantitative estimate of drug-likeness (QED) is 0.690. The van der Waals surface area contributed by atoms with Gasteiger partial charge < -0.3 is 5.11 Å². The first-order valence-electron chi connectivity index (χ1n) is 6.35. The van der Waals surface area contributed by atoms with Crippen LogP contribution in [-0.4, -0.2) is 16.1 Å². The number of carboxylic acid groups (broad SMARTS) is 1. The van der Waals surface area contributed by atoms with Crippen molar-refractivity contribution in [2.75, 3.05) is 0 Å². The lowest BCUT2D eigenvalue weighted by Gasteiger charge is -2.09. The number of benzene rings is 2. The SMILES string of the molecule is O=C(O)c1cc(-c2ccc(F)cc2F)nc2c(Cl)cc(Cl)cc12. The highest BCUT2D eigenvalue weighted by Crippen LogP contribution is 2.32. The summed E-state index contributed by atoms with van der Waals surface area (Å²) in [7, 11) is 0. The van der Waals surface area contributed by atoms with Gasteiger partial charge in [-0.3, -0.25) is 0 Å². The average Bonchev–Trinajstić information content (AvgIpc) is 2.46. The van der Waals surface area contributed by atoms with Crippen LogP contribution in [0.5, 0.6) is 0 Å². The number of aromatic carboxylic acids is 1. The summed E-state index contributed by atoms with van der Waals surface area (Å²) in [6, 6.07) is 6.99. The van der Waals surface area contributed by atoms with Crippen LogP contribution in [0, 0.1) is 11.6 Å². The van der Waals surface area contributed by atoms with Gasteiger partial charge in [0, 0.05) is 22.0 Å². The summed E-state index contributed by atoms with van der Waals surface area (Å²) in [5.74, 6) is -2.83. The van der Waals surface area contributed by atoms with Gasteiger partial charge in [-0.25, -0.2) is 18.6 Å². The molecule has 7 heteroatoms. The summed E-state index contributed by atoms with van der Waals surface area (Å²) in [5.41, 5.74) is 0.0613. The molecule has 0 aliphatic heterocycles. The Balaban J connectivity index is 2.37. The molecule has 0 aliphatic carbocycles. The minimum absolute atomic E-state index is 0.0261. The molecule has 3 aromatic rings. The van der Waals surface area contributed by atoms with Crippen molar-refractivity contribution in [1.82, 2.24) is 4.98 Å². The first-order chi connectivity index (χ1) is 10.9. The molecule has 0 spiro atoms. The molecule has 3 nitrogen and oxygen atoms in total. The van der Waals surface area contributed by atoms with E-state index in [9.17, 15) is 18.7 Å². The summed E-state index contributed by atoms with van der Waals surface area (Å²) in [6.45, 7) is 0. The maximum Gasteiger partial charge on any atom is 0.336 e. The highest BCUT2D eigenvalue weighted by atomic mass is 35.5. The summed E-state index contributed by atoms with van der Waals surface area (Å²) in [4.78, 5) is 15.7.